The van der Waals surface area contributed by atoms with Gasteiger partial charge in [-0.15, -0.1) is 0 Å². The lowest BCUT2D eigenvalue weighted by molar-refractivity contribution is -0.122. The van der Waals surface area contributed by atoms with Crippen LogP contribution < -0.4 is 0 Å². The number of carbonyl (C=O) groups excluding carboxylic acids is 1. The Hall–Kier alpha value is -3.86. The van der Waals surface area contributed by atoms with Gasteiger partial charge in [0, 0.05) is 35.4 Å². The van der Waals surface area contributed by atoms with Gasteiger partial charge in [-0.05, 0) is 48.9 Å². The summed E-state index contributed by atoms with van der Waals surface area (Å²) < 4.78 is 8.05. The molecule has 0 bridgehead atoms. The summed E-state index contributed by atoms with van der Waals surface area (Å²) >= 11 is 0. The van der Waals surface area contributed by atoms with Crippen molar-refractivity contribution in [1.29, 1.82) is 0 Å². The van der Waals surface area contributed by atoms with E-state index in [9.17, 15) is 4.79 Å². The third-order valence-electron chi connectivity index (χ3n) is 5.42. The van der Waals surface area contributed by atoms with Gasteiger partial charge in [0.05, 0.1) is 5.69 Å². The van der Waals surface area contributed by atoms with Crippen LogP contribution in [0.2, 0.25) is 0 Å². The Morgan fingerprint density at radius 3 is 2.47 bits per heavy atom. The van der Waals surface area contributed by atoms with E-state index in [0.29, 0.717) is 12.6 Å². The molecular weight excluding hydrogens is 374 g/mol. The van der Waals surface area contributed by atoms with Crippen LogP contribution in [0.3, 0.4) is 0 Å². The Labute approximate surface area is 174 Å². The van der Waals surface area contributed by atoms with Crippen molar-refractivity contribution < 1.29 is 9.53 Å². The molecule has 3 aromatic carbocycles. The van der Waals surface area contributed by atoms with Crippen LogP contribution in [0.15, 0.2) is 83.5 Å². The molecule has 5 heteroatoms. The fourth-order valence-corrected chi connectivity index (χ4v) is 3.91. The second-order valence-corrected chi connectivity index (χ2v) is 7.24. The quantitative estimate of drug-likeness (QED) is 0.446. The first-order valence-corrected chi connectivity index (χ1v) is 9.98. The zero-order valence-electron chi connectivity index (χ0n) is 16.9. The highest BCUT2D eigenvalue weighted by Gasteiger charge is 2.33. The summed E-state index contributed by atoms with van der Waals surface area (Å²) in [5, 5.41) is 2.34. The Morgan fingerprint density at radius 2 is 1.67 bits per heavy atom. The van der Waals surface area contributed by atoms with Crippen molar-refractivity contribution in [2.75, 3.05) is 6.54 Å². The number of likely N-dealkylation sites (N-methyl/N-ethyl adjacent to an activating group) is 1. The lowest BCUT2D eigenvalue weighted by Crippen LogP contribution is -2.29. The largest absolute Gasteiger partial charge is 0.419 e. The number of aromatic nitrogens is 1. The molecule has 2 heterocycles. The maximum Gasteiger partial charge on any atom is 0.305 e. The number of amidine groups is 1. The van der Waals surface area contributed by atoms with Crippen molar-refractivity contribution in [2.24, 2.45) is 12.0 Å². The number of ether oxygens (including phenoxy) is 1. The number of amides is 1. The number of rotatable bonds is 3. The van der Waals surface area contributed by atoms with Crippen LogP contribution in [0.5, 0.6) is 0 Å². The Morgan fingerprint density at radius 1 is 0.933 bits per heavy atom. The minimum atomic E-state index is -0.176. The van der Waals surface area contributed by atoms with E-state index in [1.165, 1.54) is 10.9 Å². The van der Waals surface area contributed by atoms with Gasteiger partial charge in [-0.1, -0.05) is 42.5 Å². The van der Waals surface area contributed by atoms with Gasteiger partial charge in [0.2, 0.25) is 0 Å². The average Bonchev–Trinajstić information content (AvgIpc) is 3.22. The Bertz CT molecular complexity index is 1330. The minimum Gasteiger partial charge on any atom is -0.419 e. The van der Waals surface area contributed by atoms with Crippen molar-refractivity contribution in [3.8, 4) is 0 Å². The molecule has 4 aromatic rings. The van der Waals surface area contributed by atoms with Gasteiger partial charge in [0.1, 0.15) is 0 Å². The molecule has 30 heavy (non-hydrogen) atoms. The molecule has 0 atom stereocenters. The monoisotopic (exact) mass is 395 g/mol. The zero-order chi connectivity index (χ0) is 20.7. The van der Waals surface area contributed by atoms with E-state index in [0.717, 1.165) is 22.2 Å². The fraction of sp³-hybridized carbons (Fsp3) is 0.120. The van der Waals surface area contributed by atoms with Gasteiger partial charge in [0.15, 0.2) is 5.76 Å². The van der Waals surface area contributed by atoms with Gasteiger partial charge in [-0.3, -0.25) is 9.69 Å². The molecule has 5 nitrogen and oxygen atoms in total. The molecule has 0 unspecified atom stereocenters. The normalized spacial score (nSPS) is 16.9. The number of hydrogen-bond acceptors (Lipinski definition) is 3. The third kappa shape index (κ3) is 2.95. The Kier molecular flexibility index (Phi) is 4.36. The third-order valence-corrected chi connectivity index (χ3v) is 5.42. The number of fused-ring (bicyclic) bond motifs is 3. The SMILES string of the molecule is CCN1C(=O)/C(=C\c2ccc3c(c2)c2ccccc2n3C)OC1=Nc1ccccc1. The van der Waals surface area contributed by atoms with Crippen molar-refractivity contribution in [2.45, 2.75) is 6.92 Å². The number of aryl methyl sites for hydroxylation is 1. The molecule has 148 valence electrons. The van der Waals surface area contributed by atoms with E-state index in [1.807, 2.05) is 55.5 Å². The number of para-hydroxylation sites is 2. The maximum atomic E-state index is 12.9. The molecule has 0 spiro atoms. The van der Waals surface area contributed by atoms with Crippen molar-refractivity contribution in [3.63, 3.8) is 0 Å². The molecule has 1 aliphatic heterocycles. The molecule has 1 aromatic heterocycles. The summed E-state index contributed by atoms with van der Waals surface area (Å²) in [6, 6.07) is 24.3. The number of benzene rings is 3. The lowest BCUT2D eigenvalue weighted by Gasteiger charge is -2.09. The maximum absolute atomic E-state index is 12.9. The number of nitrogens with zero attached hydrogens (tertiary/aromatic N) is 3. The van der Waals surface area contributed by atoms with Crippen LogP contribution in [0.25, 0.3) is 27.9 Å². The first kappa shape index (κ1) is 18.2. The number of aliphatic imine (C=N–C) groups is 1. The summed E-state index contributed by atoms with van der Waals surface area (Å²) in [5.41, 5.74) is 4.00. The van der Waals surface area contributed by atoms with Gasteiger partial charge in [-0.2, -0.15) is 4.99 Å². The molecule has 1 amide bonds. The van der Waals surface area contributed by atoms with Crippen LogP contribution >= 0.6 is 0 Å². The van der Waals surface area contributed by atoms with Crippen molar-refractivity contribution >= 4 is 45.5 Å². The van der Waals surface area contributed by atoms with Gasteiger partial charge >= 0.3 is 6.02 Å². The molecule has 0 radical (unpaired) electrons. The lowest BCUT2D eigenvalue weighted by atomic mass is 10.1. The standard InChI is InChI=1S/C25H21N3O2/c1-3-28-24(29)23(30-25(28)26-18-9-5-4-6-10-18)16-17-13-14-22-20(15-17)19-11-7-8-12-21(19)27(22)2/h4-16H,3H2,1-2H3/b23-16+,26-25?. The molecule has 0 N–H and O–H groups in total. The van der Waals surface area contributed by atoms with E-state index < -0.39 is 0 Å². The summed E-state index contributed by atoms with van der Waals surface area (Å²) in [4.78, 5) is 18.9. The number of hydrogen-bond donors (Lipinski definition) is 0. The molecule has 0 saturated carbocycles. The first-order valence-electron chi connectivity index (χ1n) is 9.98. The summed E-state index contributed by atoms with van der Waals surface area (Å²) in [7, 11) is 2.07. The zero-order valence-corrected chi connectivity index (χ0v) is 16.9. The van der Waals surface area contributed by atoms with Crippen molar-refractivity contribution in [3.05, 3.63) is 84.1 Å². The van der Waals surface area contributed by atoms with Gasteiger partial charge < -0.3 is 9.30 Å². The van der Waals surface area contributed by atoms with Crippen LogP contribution in [0.1, 0.15) is 12.5 Å². The van der Waals surface area contributed by atoms with E-state index in [-0.39, 0.29) is 11.7 Å². The predicted molar refractivity (Wildman–Crippen MR) is 120 cm³/mol. The van der Waals surface area contributed by atoms with Crippen LogP contribution in [-0.2, 0) is 16.6 Å². The van der Waals surface area contributed by atoms with Crippen molar-refractivity contribution in [1.82, 2.24) is 9.47 Å². The Balaban J connectivity index is 1.56. The van der Waals surface area contributed by atoms with Crippen LogP contribution in [0.4, 0.5) is 5.69 Å². The van der Waals surface area contributed by atoms with E-state index >= 15 is 0 Å². The number of carbonyl (C=O) groups is 1. The molecule has 1 aliphatic rings. The smallest absolute Gasteiger partial charge is 0.305 e. The molecular formula is C25H21N3O2. The fourth-order valence-electron chi connectivity index (χ4n) is 3.91. The van der Waals surface area contributed by atoms with E-state index in [1.54, 1.807) is 11.0 Å². The first-order chi connectivity index (χ1) is 14.7. The molecule has 1 saturated heterocycles. The highest BCUT2D eigenvalue weighted by molar-refractivity contribution is 6.12. The topological polar surface area (TPSA) is 46.8 Å². The highest BCUT2D eigenvalue weighted by atomic mass is 16.5. The van der Waals surface area contributed by atoms with Crippen LogP contribution in [0, 0.1) is 0 Å². The summed E-state index contributed by atoms with van der Waals surface area (Å²) in [6.45, 7) is 2.40. The average molecular weight is 395 g/mol. The second-order valence-electron chi connectivity index (χ2n) is 7.24. The molecule has 0 aliphatic carbocycles. The second kappa shape index (κ2) is 7.19. The predicted octanol–water partition coefficient (Wildman–Crippen LogP) is 5.24. The van der Waals surface area contributed by atoms with Gasteiger partial charge in [0.25, 0.3) is 5.91 Å². The molecule has 1 fully saturated rings. The molecule has 5 rings (SSSR count). The summed E-state index contributed by atoms with van der Waals surface area (Å²) in [5.74, 6) is 0.108. The highest BCUT2D eigenvalue weighted by Crippen LogP contribution is 2.30. The van der Waals surface area contributed by atoms with Gasteiger partial charge in [-0.25, -0.2) is 0 Å². The van der Waals surface area contributed by atoms with E-state index in [2.05, 4.69) is 40.9 Å². The summed E-state index contributed by atoms with van der Waals surface area (Å²) in [6.07, 6.45) is 1.79. The minimum absolute atomic E-state index is 0.176. The van der Waals surface area contributed by atoms with Crippen LogP contribution in [-0.4, -0.2) is 27.9 Å². The van der Waals surface area contributed by atoms with E-state index in [4.69, 9.17) is 4.74 Å².